The molecular weight excluding hydrogens is 278 g/mol. The second-order valence-electron chi connectivity index (χ2n) is 6.04. The zero-order chi connectivity index (χ0) is 15.3. The van der Waals surface area contributed by atoms with Crippen molar-refractivity contribution in [3.05, 3.63) is 54.1 Å². The minimum absolute atomic E-state index is 0.184. The third-order valence-electron chi connectivity index (χ3n) is 3.22. The van der Waals surface area contributed by atoms with E-state index >= 15 is 0 Å². The Kier molecular flexibility index (Phi) is 5.18. The topological polar surface area (TPSA) is 35.2 Å². The largest absolute Gasteiger partial charge is 0.493 e. The van der Waals surface area contributed by atoms with E-state index in [9.17, 15) is 0 Å². The summed E-state index contributed by atoms with van der Waals surface area (Å²) >= 11 is 1.78. The first-order chi connectivity index (χ1) is 9.95. The highest BCUT2D eigenvalue weighted by Gasteiger charge is 2.12. The van der Waals surface area contributed by atoms with Crippen molar-refractivity contribution in [2.45, 2.75) is 31.1 Å². The highest BCUT2D eigenvalue weighted by atomic mass is 32.2. The Balaban J connectivity index is 1.77. The van der Waals surface area contributed by atoms with Crippen molar-refractivity contribution < 1.29 is 4.74 Å². The lowest BCUT2D eigenvalue weighted by Crippen LogP contribution is -2.10. The van der Waals surface area contributed by atoms with Gasteiger partial charge in [-0.2, -0.15) is 0 Å². The number of hydrogen-bond donors (Lipinski definition) is 1. The van der Waals surface area contributed by atoms with Crippen molar-refractivity contribution in [1.29, 1.82) is 0 Å². The fourth-order valence-electron chi connectivity index (χ4n) is 1.93. The second-order valence-corrected chi connectivity index (χ2v) is 7.21. The van der Waals surface area contributed by atoms with Crippen LogP contribution in [0.15, 0.2) is 53.4 Å². The van der Waals surface area contributed by atoms with Crippen molar-refractivity contribution >= 4 is 17.4 Å². The fourth-order valence-corrected chi connectivity index (χ4v) is 2.67. The molecule has 0 fully saturated rings. The molecule has 0 aliphatic heterocycles. The van der Waals surface area contributed by atoms with Gasteiger partial charge in [0.2, 0.25) is 0 Å². The first-order valence-electron chi connectivity index (χ1n) is 7.17. The molecule has 0 saturated carbocycles. The lowest BCUT2D eigenvalue weighted by molar-refractivity contribution is 0.343. The molecule has 21 heavy (non-hydrogen) atoms. The molecule has 2 aromatic rings. The third-order valence-corrected chi connectivity index (χ3v) is 4.20. The van der Waals surface area contributed by atoms with E-state index in [-0.39, 0.29) is 5.41 Å². The van der Waals surface area contributed by atoms with E-state index in [1.165, 1.54) is 10.5 Å². The number of nitrogens with two attached hydrogens (primary N) is 1. The number of ether oxygens (including phenoxy) is 1. The van der Waals surface area contributed by atoms with E-state index in [0.717, 1.165) is 17.2 Å². The summed E-state index contributed by atoms with van der Waals surface area (Å²) in [5, 5.41) is 0. The van der Waals surface area contributed by atoms with Crippen LogP contribution in [0.25, 0.3) is 0 Å². The molecule has 0 amide bonds. The van der Waals surface area contributed by atoms with Gasteiger partial charge in [0.25, 0.3) is 0 Å². The van der Waals surface area contributed by atoms with E-state index in [2.05, 4.69) is 45.0 Å². The Hall–Kier alpha value is -1.61. The molecule has 0 bridgehead atoms. The molecule has 112 valence electrons. The number of thioether (sulfide) groups is 1. The van der Waals surface area contributed by atoms with E-state index in [1.807, 2.05) is 24.3 Å². The van der Waals surface area contributed by atoms with Gasteiger partial charge < -0.3 is 10.5 Å². The molecule has 2 aromatic carbocycles. The van der Waals surface area contributed by atoms with E-state index < -0.39 is 0 Å². The number of rotatable bonds is 5. The molecule has 2 N–H and O–H groups in total. The second kappa shape index (κ2) is 6.90. The quantitative estimate of drug-likeness (QED) is 0.492. The van der Waals surface area contributed by atoms with E-state index in [4.69, 9.17) is 10.5 Å². The molecule has 2 rings (SSSR count). The Morgan fingerprint density at radius 1 is 0.952 bits per heavy atom. The van der Waals surface area contributed by atoms with Crippen LogP contribution in [0.1, 0.15) is 26.3 Å². The molecular formula is C18H23NOS. The molecule has 0 unspecified atom stereocenters. The maximum Gasteiger partial charge on any atom is 0.119 e. The van der Waals surface area contributed by atoms with Crippen LogP contribution in [0.5, 0.6) is 5.75 Å². The highest BCUT2D eigenvalue weighted by molar-refractivity contribution is 7.99. The van der Waals surface area contributed by atoms with Crippen LogP contribution in [-0.2, 0) is 5.41 Å². The first kappa shape index (κ1) is 15.8. The lowest BCUT2D eigenvalue weighted by atomic mass is 9.87. The lowest BCUT2D eigenvalue weighted by Gasteiger charge is -2.19. The average Bonchev–Trinajstić information content (AvgIpc) is 2.45. The molecule has 0 aromatic heterocycles. The number of anilines is 1. The van der Waals surface area contributed by atoms with Crippen LogP contribution in [0.4, 0.5) is 5.69 Å². The Labute approximate surface area is 131 Å². The van der Waals surface area contributed by atoms with Crippen LogP contribution in [0.2, 0.25) is 0 Å². The zero-order valence-corrected chi connectivity index (χ0v) is 13.7. The molecule has 0 aliphatic rings. The summed E-state index contributed by atoms with van der Waals surface area (Å²) in [7, 11) is 0. The van der Waals surface area contributed by atoms with Gasteiger partial charge in [-0.25, -0.2) is 0 Å². The normalized spacial score (nSPS) is 11.4. The summed E-state index contributed by atoms with van der Waals surface area (Å²) in [6, 6.07) is 16.3. The van der Waals surface area contributed by atoms with Gasteiger partial charge in [0, 0.05) is 16.3 Å². The van der Waals surface area contributed by atoms with Gasteiger partial charge >= 0.3 is 0 Å². The Bertz CT molecular complexity index is 555. The maximum absolute atomic E-state index is 5.77. The van der Waals surface area contributed by atoms with Gasteiger partial charge in [-0.15, -0.1) is 11.8 Å². The molecule has 0 saturated heterocycles. The van der Waals surface area contributed by atoms with Crippen LogP contribution >= 0.6 is 11.8 Å². The smallest absolute Gasteiger partial charge is 0.119 e. The zero-order valence-electron chi connectivity index (χ0n) is 12.9. The predicted octanol–water partition coefficient (Wildman–Crippen LogP) is 4.74. The third kappa shape index (κ3) is 5.01. The molecule has 0 heterocycles. The van der Waals surface area contributed by atoms with Crippen molar-refractivity contribution in [2.24, 2.45) is 0 Å². The molecule has 0 spiro atoms. The number of nitrogen functional groups attached to an aromatic ring is 1. The van der Waals surface area contributed by atoms with Crippen LogP contribution in [0.3, 0.4) is 0 Å². The van der Waals surface area contributed by atoms with Gasteiger partial charge in [-0.3, -0.25) is 0 Å². The predicted molar refractivity (Wildman–Crippen MR) is 92.2 cm³/mol. The van der Waals surface area contributed by atoms with Crippen LogP contribution < -0.4 is 10.5 Å². The summed E-state index contributed by atoms with van der Waals surface area (Å²) in [5.41, 5.74) is 7.98. The van der Waals surface area contributed by atoms with Crippen molar-refractivity contribution in [1.82, 2.24) is 0 Å². The molecule has 0 aliphatic carbocycles. The Morgan fingerprint density at radius 3 is 2.14 bits per heavy atom. The standard InChI is InChI=1S/C18H23NOS/c1-18(2,3)14-4-8-16(9-5-14)20-12-13-21-17-10-6-15(19)7-11-17/h4-11H,12-13,19H2,1-3H3. The summed E-state index contributed by atoms with van der Waals surface area (Å²) in [4.78, 5) is 1.22. The van der Waals surface area contributed by atoms with Gasteiger partial charge in [-0.1, -0.05) is 32.9 Å². The van der Waals surface area contributed by atoms with E-state index in [0.29, 0.717) is 6.61 Å². The summed E-state index contributed by atoms with van der Waals surface area (Å²) < 4.78 is 5.77. The maximum atomic E-state index is 5.77. The summed E-state index contributed by atoms with van der Waals surface area (Å²) in [6.07, 6.45) is 0. The molecule has 0 atom stereocenters. The van der Waals surface area contributed by atoms with Gasteiger partial charge in [0.1, 0.15) is 5.75 Å². The number of benzene rings is 2. The first-order valence-corrected chi connectivity index (χ1v) is 8.15. The summed E-state index contributed by atoms with van der Waals surface area (Å²) in [6.45, 7) is 7.34. The van der Waals surface area contributed by atoms with Gasteiger partial charge in [0.15, 0.2) is 0 Å². The molecule has 2 nitrogen and oxygen atoms in total. The van der Waals surface area contributed by atoms with Crippen molar-refractivity contribution in [3.8, 4) is 5.75 Å². The van der Waals surface area contributed by atoms with Crippen molar-refractivity contribution in [3.63, 3.8) is 0 Å². The summed E-state index contributed by atoms with van der Waals surface area (Å²) in [5.74, 6) is 1.85. The minimum atomic E-state index is 0.184. The highest BCUT2D eigenvalue weighted by Crippen LogP contribution is 2.24. The number of hydrogen-bond acceptors (Lipinski definition) is 3. The Morgan fingerprint density at radius 2 is 1.57 bits per heavy atom. The minimum Gasteiger partial charge on any atom is -0.493 e. The SMILES string of the molecule is CC(C)(C)c1ccc(OCCSc2ccc(N)cc2)cc1. The van der Waals surface area contributed by atoms with Crippen molar-refractivity contribution in [2.75, 3.05) is 18.1 Å². The van der Waals surface area contributed by atoms with E-state index in [1.54, 1.807) is 11.8 Å². The van der Waals surface area contributed by atoms with Crippen LogP contribution in [-0.4, -0.2) is 12.4 Å². The molecule has 3 heteroatoms. The van der Waals surface area contributed by atoms with Gasteiger partial charge in [-0.05, 0) is 47.4 Å². The monoisotopic (exact) mass is 301 g/mol. The fraction of sp³-hybridized carbons (Fsp3) is 0.333. The molecule has 0 radical (unpaired) electrons. The average molecular weight is 301 g/mol. The van der Waals surface area contributed by atoms with Crippen LogP contribution in [0, 0.1) is 0 Å². The van der Waals surface area contributed by atoms with Gasteiger partial charge in [0.05, 0.1) is 6.61 Å².